The normalized spacial score (nSPS) is 23.2. The van der Waals surface area contributed by atoms with Crippen LogP contribution in [0.4, 0.5) is 5.69 Å². The van der Waals surface area contributed by atoms with Crippen LogP contribution < -0.4 is 20.1 Å². The predicted octanol–water partition coefficient (Wildman–Crippen LogP) is 3.55. The second kappa shape index (κ2) is 32.2. The first kappa shape index (κ1) is 76.1. The van der Waals surface area contributed by atoms with Crippen molar-refractivity contribution in [2.45, 2.75) is 123 Å². The van der Waals surface area contributed by atoms with Gasteiger partial charge in [0.1, 0.15) is 82.6 Å². The molecule has 0 spiro atoms. The van der Waals surface area contributed by atoms with E-state index < -0.39 is 184 Å². The number of aliphatic carboxylic acids is 1. The number of β-lactam (4-membered cyclic amide) rings is 2. The molecule has 4 aliphatic heterocycles. The number of nitrogens with zero attached hydrogens (tertiary/aromatic N) is 3. The van der Waals surface area contributed by atoms with Crippen molar-refractivity contribution in [3.05, 3.63) is 105 Å². The lowest BCUT2D eigenvalue weighted by Crippen LogP contribution is -2.85. The number of benzene rings is 3. The molecule has 4 amide bonds. The molecule has 0 saturated carbocycles. The Labute approximate surface area is 564 Å². The van der Waals surface area contributed by atoms with E-state index in [1.807, 2.05) is 0 Å². The minimum Gasteiger partial charge on any atom is -0.614 e. The molecular weight excluding hydrogens is 1360 g/mol. The molecule has 0 aliphatic carbocycles. The van der Waals surface area contributed by atoms with Gasteiger partial charge in [0.05, 0.1) is 50.5 Å². The van der Waals surface area contributed by atoms with E-state index in [0.717, 1.165) is 37.5 Å². The maximum absolute atomic E-state index is 14.7. The number of nitro groups is 1. The molecule has 4 heterocycles. The van der Waals surface area contributed by atoms with Gasteiger partial charge >= 0.3 is 46.7 Å². The van der Waals surface area contributed by atoms with Gasteiger partial charge in [-0.2, -0.15) is 0 Å². The largest absolute Gasteiger partial charge is 0.614 e. The van der Waals surface area contributed by atoms with Gasteiger partial charge in [-0.15, -0.1) is 4.58 Å². The summed E-state index contributed by atoms with van der Waals surface area (Å²) in [5.41, 5.74) is -4.84. The maximum atomic E-state index is 14.7. The molecule has 4 N–H and O–H groups in total. The summed E-state index contributed by atoms with van der Waals surface area (Å²) in [5, 5.41) is 31.1. The minimum absolute atomic E-state index is 0.0350. The van der Waals surface area contributed by atoms with Crippen molar-refractivity contribution in [2.24, 2.45) is 17.8 Å². The van der Waals surface area contributed by atoms with Crippen LogP contribution in [-0.2, 0) is 118 Å². The minimum atomic E-state index is -2.47. The number of phenolic OH excluding ortho intramolecular Hbond substituents is 1. The Morgan fingerprint density at radius 1 is 0.789 bits per heavy atom. The van der Waals surface area contributed by atoms with Gasteiger partial charge < -0.3 is 63.1 Å². The zero-order valence-corrected chi connectivity index (χ0v) is 56.5. The molecule has 34 heteroatoms. The number of carboxylic acids is 1. The molecule has 2 fully saturated rings. The number of rotatable bonds is 28. The molecule has 0 radical (unpaired) electrons. The van der Waals surface area contributed by atoms with E-state index in [1.165, 1.54) is 63.8 Å². The lowest BCUT2D eigenvalue weighted by molar-refractivity contribution is -0.523. The van der Waals surface area contributed by atoms with Gasteiger partial charge in [-0.25, -0.2) is 14.4 Å². The van der Waals surface area contributed by atoms with Crippen LogP contribution in [0.2, 0.25) is 0 Å². The standard InChI is InChI=1S/C32H30Cl3N3O13S.C29H38N2O11S/c1-16(39)22(28(45)51-15-32(33,34)35)12-24-23(14-50-17(2)40)26(27(43)44)37-29(46)31(30(37)52(24)49,13-18-6-8-20(9-7-18)38(47)48)36-25(42)11-19-4-3-5-21(41)10-19;1-8-40-25(34)23(17(4)32)12-24-20(15-41-16(2)3)13-31-26(35)29(30-18(5)33,27(31)43(24)37)28(36)42-14-19-9-21(38-6)11-22(10-19)39-7/h3-10,22,24,30,41H,11-15H2,1-2H3,(H,36,42)(H,43,44);9-11,13,16,20,23-24,27H,8,12,14-15H2,1-7H3/p+1/t22?,24?,30-,31?,52?;20?,23?,24?,27-,29?,43?/m00/s1. The molecule has 11 atom stereocenters. The number of alkyl halides is 3. The third kappa shape index (κ3) is 17.8. The van der Waals surface area contributed by atoms with Gasteiger partial charge in [-0.3, -0.25) is 53.4 Å². The van der Waals surface area contributed by atoms with Crippen LogP contribution in [0, 0.1) is 27.9 Å². The second-order valence-electron chi connectivity index (χ2n) is 22.5. The Morgan fingerprint density at radius 2 is 1.40 bits per heavy atom. The summed E-state index contributed by atoms with van der Waals surface area (Å²) in [4.78, 5) is 154. The fraction of sp³-hybridized carbons (Fsp3) is 0.475. The summed E-state index contributed by atoms with van der Waals surface area (Å²) in [6.45, 7) is 7.78. The number of nitrogens with one attached hydrogen (secondary N) is 2. The number of aromatic hydroxyl groups is 1. The fourth-order valence-electron chi connectivity index (χ4n) is 11.0. The summed E-state index contributed by atoms with van der Waals surface area (Å²) in [6, 6.07) is 15.4. The summed E-state index contributed by atoms with van der Waals surface area (Å²) >= 11 is 12.5. The monoisotopic (exact) mass is 1420 g/mol. The number of Topliss-reactive ketones (excluding diaryl/α,β-unsaturated/α-hetero) is 2. The third-order valence-electron chi connectivity index (χ3n) is 15.4. The van der Waals surface area contributed by atoms with Crippen molar-refractivity contribution in [3.8, 4) is 17.2 Å². The van der Waals surface area contributed by atoms with E-state index in [1.54, 1.807) is 39.0 Å². The summed E-state index contributed by atoms with van der Waals surface area (Å²) < 4.78 is 65.0. The molecule has 3 aromatic carbocycles. The van der Waals surface area contributed by atoms with E-state index >= 15 is 0 Å². The van der Waals surface area contributed by atoms with Crippen LogP contribution in [-0.4, -0.2) is 188 Å². The lowest BCUT2D eigenvalue weighted by Gasteiger charge is -2.58. The number of non-ortho nitro benzene ring substituents is 1. The van der Waals surface area contributed by atoms with Crippen molar-refractivity contribution < 1.29 is 115 Å². The number of ether oxygens (including phenoxy) is 7. The van der Waals surface area contributed by atoms with Gasteiger partial charge in [0, 0.05) is 62.5 Å². The molecule has 514 valence electrons. The predicted molar refractivity (Wildman–Crippen MR) is 336 cm³/mol. The number of fused-ring (bicyclic) bond motifs is 2. The van der Waals surface area contributed by atoms with Crippen LogP contribution in [0.5, 0.6) is 17.2 Å². The second-order valence-corrected chi connectivity index (χ2v) is 28.4. The van der Waals surface area contributed by atoms with Gasteiger partial charge in [-0.05, 0) is 86.8 Å². The number of ketones is 2. The van der Waals surface area contributed by atoms with Gasteiger partial charge in [0.25, 0.3) is 11.6 Å². The number of hydrogen-bond acceptors (Lipinski definition) is 23. The Bertz CT molecular complexity index is 3550. The number of carboxylic acid groups (broad SMARTS) is 1. The van der Waals surface area contributed by atoms with Crippen LogP contribution in [0.1, 0.15) is 78.0 Å². The van der Waals surface area contributed by atoms with Crippen LogP contribution >= 0.6 is 34.8 Å². The number of nitro benzene ring substituents is 1. The van der Waals surface area contributed by atoms with Gasteiger partial charge in [-0.1, -0.05) is 59.1 Å². The molecule has 4 aliphatic rings. The Hall–Kier alpha value is -7.91. The average molecular weight is 1430 g/mol. The van der Waals surface area contributed by atoms with Crippen molar-refractivity contribution in [1.29, 1.82) is 0 Å². The van der Waals surface area contributed by atoms with E-state index in [2.05, 4.69) is 10.6 Å². The lowest BCUT2D eigenvalue weighted by atomic mass is 9.79. The van der Waals surface area contributed by atoms with Crippen molar-refractivity contribution in [1.82, 2.24) is 15.5 Å². The van der Waals surface area contributed by atoms with Crippen molar-refractivity contribution in [3.63, 3.8) is 0 Å². The number of methoxy groups -OCH3 is 2. The van der Waals surface area contributed by atoms with E-state index in [4.69, 9.17) is 68.0 Å². The highest BCUT2D eigenvalue weighted by atomic mass is 35.6. The Kier molecular flexibility index (Phi) is 25.8. The molecule has 0 bridgehead atoms. The molecule has 7 rings (SSSR count). The number of hydrogen-bond donors (Lipinski definition) is 4. The molecule has 0 aromatic heterocycles. The van der Waals surface area contributed by atoms with E-state index in [9.17, 15) is 82.2 Å². The highest BCUT2D eigenvalue weighted by Crippen LogP contribution is 2.49. The van der Waals surface area contributed by atoms with Crippen LogP contribution in [0.3, 0.4) is 0 Å². The number of carbonyl (C=O) groups is 11. The van der Waals surface area contributed by atoms with Crippen LogP contribution in [0.15, 0.2) is 78.0 Å². The summed E-state index contributed by atoms with van der Waals surface area (Å²) in [7, 11) is 2.92. The smallest absolute Gasteiger partial charge is 0.441 e. The maximum Gasteiger partial charge on any atom is 0.441 e. The zero-order valence-electron chi connectivity index (χ0n) is 52.6. The molecule has 3 aromatic rings. The Balaban J connectivity index is 0.000000306. The first-order valence-corrected chi connectivity index (χ1v) is 32.7. The molecule has 9 unspecified atom stereocenters. The highest BCUT2D eigenvalue weighted by molar-refractivity contribution is 7.93. The third-order valence-corrected chi connectivity index (χ3v) is 19.9. The molecule has 2 saturated heterocycles. The average Bonchev–Trinajstić information content (AvgIpc) is 0.695. The molecule has 95 heavy (non-hydrogen) atoms. The quantitative estimate of drug-likeness (QED) is 0.00929. The fourth-order valence-corrected chi connectivity index (χ4v) is 15.6. The van der Waals surface area contributed by atoms with E-state index in [0.29, 0.717) is 27.5 Å². The van der Waals surface area contributed by atoms with Crippen molar-refractivity contribution >= 4 is 134 Å². The van der Waals surface area contributed by atoms with Crippen molar-refractivity contribution in [2.75, 3.05) is 40.6 Å². The van der Waals surface area contributed by atoms with E-state index in [-0.39, 0.29) is 54.9 Å². The summed E-state index contributed by atoms with van der Waals surface area (Å²) in [5.74, 6) is -13.2. The first-order valence-electron chi connectivity index (χ1n) is 29.0. The zero-order chi connectivity index (χ0) is 70.8. The molecular formula is C61H69Cl3N5O24S2+. The summed E-state index contributed by atoms with van der Waals surface area (Å²) in [6.07, 6.45) is -0.418. The Morgan fingerprint density at radius 3 is 1.93 bits per heavy atom. The van der Waals surface area contributed by atoms with Gasteiger partial charge in [0.2, 0.25) is 21.0 Å². The number of esters is 4. The molecule has 29 nitrogen and oxygen atoms in total. The number of phenols is 1. The first-order chi connectivity index (χ1) is 44.5. The SMILES string of the molecule is CC(=O)OCC1=C(C(=O)O)N2C(=O)C(Cc3ccc([N+](=O)[O-])cc3)(NC(=O)Cc3cccc(O)c3)[C@@H]2[S+]([O-])C1CC(C(C)=O)C(=O)OCC(Cl)(Cl)Cl.CCOC(=O)C(CC1C(COC(C)C)C=[N+]2C(=O)C(NC(C)=O)(C(=O)OCc3cc(OC)cc(OC)c3)[C@@H]2[S+]1[O-])C(C)=O. The topological polar surface area (TPSA) is 412 Å². The number of carbonyl (C=O) groups excluding carboxylic acids is 10. The highest BCUT2D eigenvalue weighted by Gasteiger charge is 2.83. The van der Waals surface area contributed by atoms with Crippen LogP contribution in [0.25, 0.3) is 0 Å². The number of amides is 4. The van der Waals surface area contributed by atoms with Gasteiger partial charge in [0.15, 0.2) is 11.8 Å². The number of halogens is 3.